The smallest absolute Gasteiger partial charge is 0.152 e. The standard InChI is InChI=1S/C15H12F2N2/c1-10-2-7-13(16)15(14(10)17)19-9-12-5-3-11(8-18)4-6-12/h2-7,19H,9H2,1H3. The van der Waals surface area contributed by atoms with E-state index < -0.39 is 11.6 Å². The first-order valence-electron chi connectivity index (χ1n) is 5.79. The molecule has 0 aliphatic carbocycles. The van der Waals surface area contributed by atoms with Gasteiger partial charge < -0.3 is 5.32 Å². The summed E-state index contributed by atoms with van der Waals surface area (Å²) in [5.41, 5.74) is 1.67. The van der Waals surface area contributed by atoms with Crippen molar-refractivity contribution in [2.75, 3.05) is 5.32 Å². The first-order valence-corrected chi connectivity index (χ1v) is 5.79. The number of benzene rings is 2. The van der Waals surface area contributed by atoms with Gasteiger partial charge in [0.2, 0.25) is 0 Å². The molecule has 0 saturated heterocycles. The van der Waals surface area contributed by atoms with Crippen molar-refractivity contribution in [1.29, 1.82) is 5.26 Å². The van der Waals surface area contributed by atoms with Crippen LogP contribution in [0.5, 0.6) is 0 Å². The first-order chi connectivity index (χ1) is 9.11. The molecule has 0 bridgehead atoms. The molecule has 0 aliphatic rings. The lowest BCUT2D eigenvalue weighted by atomic mass is 10.1. The normalized spacial score (nSPS) is 10.0. The van der Waals surface area contributed by atoms with Gasteiger partial charge in [0, 0.05) is 6.54 Å². The van der Waals surface area contributed by atoms with E-state index in [2.05, 4.69) is 5.32 Å². The average molecular weight is 258 g/mol. The van der Waals surface area contributed by atoms with Gasteiger partial charge in [0.25, 0.3) is 0 Å². The van der Waals surface area contributed by atoms with Gasteiger partial charge in [0.05, 0.1) is 11.6 Å². The molecule has 0 radical (unpaired) electrons. The second kappa shape index (κ2) is 5.49. The summed E-state index contributed by atoms with van der Waals surface area (Å²) in [7, 11) is 0. The van der Waals surface area contributed by atoms with Crippen molar-refractivity contribution in [2.45, 2.75) is 13.5 Å². The minimum atomic E-state index is -0.614. The van der Waals surface area contributed by atoms with Gasteiger partial charge >= 0.3 is 0 Å². The Hall–Kier alpha value is -2.41. The van der Waals surface area contributed by atoms with Gasteiger partial charge in [-0.2, -0.15) is 5.26 Å². The Bertz CT molecular complexity index is 628. The number of nitrogens with one attached hydrogen (secondary N) is 1. The zero-order valence-corrected chi connectivity index (χ0v) is 10.4. The number of nitrogens with zero attached hydrogens (tertiary/aromatic N) is 1. The number of nitriles is 1. The SMILES string of the molecule is Cc1ccc(F)c(NCc2ccc(C#N)cc2)c1F. The van der Waals surface area contributed by atoms with E-state index >= 15 is 0 Å². The van der Waals surface area contributed by atoms with Gasteiger partial charge in [-0.1, -0.05) is 18.2 Å². The maximum Gasteiger partial charge on any atom is 0.152 e. The Morgan fingerprint density at radius 2 is 1.79 bits per heavy atom. The van der Waals surface area contributed by atoms with Crippen LogP contribution >= 0.6 is 0 Å². The lowest BCUT2D eigenvalue weighted by Gasteiger charge is -2.10. The summed E-state index contributed by atoms with van der Waals surface area (Å²) in [4.78, 5) is 0. The first kappa shape index (κ1) is 13.0. The molecule has 0 spiro atoms. The Balaban J connectivity index is 2.14. The van der Waals surface area contributed by atoms with Crippen LogP contribution in [-0.2, 0) is 6.54 Å². The minimum Gasteiger partial charge on any atom is -0.376 e. The van der Waals surface area contributed by atoms with Crippen LogP contribution in [0.3, 0.4) is 0 Å². The van der Waals surface area contributed by atoms with Crippen molar-refractivity contribution < 1.29 is 8.78 Å². The largest absolute Gasteiger partial charge is 0.376 e. The van der Waals surface area contributed by atoms with Crippen molar-refractivity contribution in [1.82, 2.24) is 0 Å². The van der Waals surface area contributed by atoms with E-state index in [1.54, 1.807) is 31.2 Å². The van der Waals surface area contributed by atoms with Gasteiger partial charge in [-0.25, -0.2) is 8.78 Å². The summed E-state index contributed by atoms with van der Waals surface area (Å²) >= 11 is 0. The Morgan fingerprint density at radius 1 is 1.11 bits per heavy atom. The lowest BCUT2D eigenvalue weighted by molar-refractivity contribution is 0.582. The van der Waals surface area contributed by atoms with E-state index in [1.165, 1.54) is 12.1 Å². The van der Waals surface area contributed by atoms with Gasteiger partial charge in [-0.3, -0.25) is 0 Å². The second-order valence-electron chi connectivity index (χ2n) is 4.22. The van der Waals surface area contributed by atoms with Crippen LogP contribution in [0.2, 0.25) is 0 Å². The van der Waals surface area contributed by atoms with Crippen molar-refractivity contribution in [2.24, 2.45) is 0 Å². The molecule has 0 saturated carbocycles. The number of halogens is 2. The van der Waals surface area contributed by atoms with E-state index in [0.717, 1.165) is 5.56 Å². The molecule has 0 atom stereocenters. The molecule has 96 valence electrons. The molecule has 0 amide bonds. The summed E-state index contributed by atoms with van der Waals surface area (Å²) in [6.45, 7) is 1.88. The summed E-state index contributed by atoms with van der Waals surface area (Å²) in [6, 6.07) is 11.5. The Labute approximate surface area is 110 Å². The zero-order valence-electron chi connectivity index (χ0n) is 10.4. The molecule has 2 nitrogen and oxygen atoms in total. The van der Waals surface area contributed by atoms with E-state index in [4.69, 9.17) is 5.26 Å². The van der Waals surface area contributed by atoms with Crippen molar-refractivity contribution in [3.63, 3.8) is 0 Å². The minimum absolute atomic E-state index is 0.121. The number of rotatable bonds is 3. The van der Waals surface area contributed by atoms with E-state index in [-0.39, 0.29) is 5.69 Å². The molecular weight excluding hydrogens is 246 g/mol. The molecule has 4 heteroatoms. The number of anilines is 1. The van der Waals surface area contributed by atoms with Crippen molar-refractivity contribution in [3.8, 4) is 6.07 Å². The molecule has 2 rings (SSSR count). The Morgan fingerprint density at radius 3 is 2.42 bits per heavy atom. The highest BCUT2D eigenvalue weighted by atomic mass is 19.1. The van der Waals surface area contributed by atoms with Crippen LogP contribution in [0, 0.1) is 29.9 Å². The zero-order chi connectivity index (χ0) is 13.8. The molecule has 0 heterocycles. The molecule has 0 aliphatic heterocycles. The highest BCUT2D eigenvalue weighted by Crippen LogP contribution is 2.22. The molecule has 0 fully saturated rings. The highest BCUT2D eigenvalue weighted by Gasteiger charge is 2.10. The van der Waals surface area contributed by atoms with Crippen molar-refractivity contribution in [3.05, 3.63) is 64.7 Å². The van der Waals surface area contributed by atoms with Crippen LogP contribution in [0.25, 0.3) is 0 Å². The van der Waals surface area contributed by atoms with E-state index in [1.807, 2.05) is 6.07 Å². The topological polar surface area (TPSA) is 35.8 Å². The van der Waals surface area contributed by atoms with E-state index in [9.17, 15) is 8.78 Å². The fraction of sp³-hybridized carbons (Fsp3) is 0.133. The van der Waals surface area contributed by atoms with Crippen LogP contribution in [-0.4, -0.2) is 0 Å². The summed E-state index contributed by atoms with van der Waals surface area (Å²) in [5, 5.41) is 11.4. The molecule has 0 aromatic heterocycles. The fourth-order valence-electron chi connectivity index (χ4n) is 1.71. The van der Waals surface area contributed by atoms with E-state index in [0.29, 0.717) is 17.7 Å². The summed E-state index contributed by atoms with van der Waals surface area (Å²) in [5.74, 6) is -1.19. The molecule has 2 aromatic carbocycles. The highest BCUT2D eigenvalue weighted by molar-refractivity contribution is 5.49. The maximum absolute atomic E-state index is 13.7. The second-order valence-corrected chi connectivity index (χ2v) is 4.22. The average Bonchev–Trinajstić information content (AvgIpc) is 2.44. The third kappa shape index (κ3) is 2.89. The van der Waals surface area contributed by atoms with Crippen LogP contribution in [0.1, 0.15) is 16.7 Å². The third-order valence-corrected chi connectivity index (χ3v) is 2.84. The number of hydrogen-bond donors (Lipinski definition) is 1. The number of hydrogen-bond acceptors (Lipinski definition) is 2. The molecule has 0 unspecified atom stereocenters. The summed E-state index contributed by atoms with van der Waals surface area (Å²) < 4.78 is 27.2. The van der Waals surface area contributed by atoms with Gasteiger partial charge in [-0.15, -0.1) is 0 Å². The predicted octanol–water partition coefficient (Wildman–Crippen LogP) is 3.76. The fourth-order valence-corrected chi connectivity index (χ4v) is 1.71. The Kier molecular flexibility index (Phi) is 3.76. The summed E-state index contributed by atoms with van der Waals surface area (Å²) in [6.07, 6.45) is 0. The maximum atomic E-state index is 13.7. The lowest BCUT2D eigenvalue weighted by Crippen LogP contribution is -2.05. The van der Waals surface area contributed by atoms with Gasteiger partial charge in [0.1, 0.15) is 11.5 Å². The van der Waals surface area contributed by atoms with Gasteiger partial charge in [-0.05, 0) is 36.2 Å². The quantitative estimate of drug-likeness (QED) is 0.909. The van der Waals surface area contributed by atoms with Crippen molar-refractivity contribution >= 4 is 5.69 Å². The van der Waals surface area contributed by atoms with Crippen LogP contribution < -0.4 is 5.32 Å². The molecule has 1 N–H and O–H groups in total. The number of aryl methyl sites for hydroxylation is 1. The van der Waals surface area contributed by atoms with Gasteiger partial charge in [0.15, 0.2) is 5.82 Å². The van der Waals surface area contributed by atoms with Crippen LogP contribution in [0.4, 0.5) is 14.5 Å². The molecule has 2 aromatic rings. The molecule has 19 heavy (non-hydrogen) atoms. The predicted molar refractivity (Wildman–Crippen MR) is 69.6 cm³/mol. The monoisotopic (exact) mass is 258 g/mol. The molecular formula is C15H12F2N2. The van der Waals surface area contributed by atoms with Crippen LogP contribution in [0.15, 0.2) is 36.4 Å². The third-order valence-electron chi connectivity index (χ3n) is 2.84.